The van der Waals surface area contributed by atoms with Crippen molar-refractivity contribution in [2.24, 2.45) is 0 Å². The lowest BCUT2D eigenvalue weighted by atomic mass is 10.1. The van der Waals surface area contributed by atoms with E-state index in [1.165, 1.54) is 0 Å². The molecule has 0 saturated heterocycles. The molecule has 1 aromatic rings. The normalized spacial score (nSPS) is 14.0. The number of nitrogens with zero attached hydrogens (tertiary/aromatic N) is 1. The van der Waals surface area contributed by atoms with Crippen LogP contribution in [0, 0.1) is 0 Å². The standard InChI is InChI=1S/C16H29N2O2Si/c1-7-10-19-15-9-8-13(11-18-15)14(17)12-20-21(5,6)16(2,3)4/h8-9,11,14,17H,7,10,12H2,1-6H3/q-1/t14-/m0/s1. The molecule has 120 valence electrons. The van der Waals surface area contributed by atoms with Gasteiger partial charge in [0.25, 0.3) is 0 Å². The fourth-order valence-corrected chi connectivity index (χ4v) is 2.51. The van der Waals surface area contributed by atoms with Crippen LogP contribution in [0.2, 0.25) is 18.1 Å². The van der Waals surface area contributed by atoms with Crippen LogP contribution >= 0.6 is 0 Å². The van der Waals surface area contributed by atoms with Crippen LogP contribution in [0.5, 0.6) is 5.88 Å². The number of pyridine rings is 1. The average molecular weight is 310 g/mol. The molecule has 5 heteroatoms. The van der Waals surface area contributed by atoms with Gasteiger partial charge in [-0.15, -0.1) is 0 Å². The van der Waals surface area contributed by atoms with E-state index in [1.54, 1.807) is 6.20 Å². The van der Waals surface area contributed by atoms with Gasteiger partial charge in [0.05, 0.1) is 6.61 Å². The molecule has 1 heterocycles. The first-order chi connectivity index (χ1) is 9.67. The minimum atomic E-state index is -1.79. The SMILES string of the molecule is CCCOc1ccc([C@@H]([NH-])CO[Si](C)(C)C(C)(C)C)cn1. The second-order valence-electron chi connectivity index (χ2n) is 6.90. The Labute approximate surface area is 130 Å². The Hall–Kier alpha value is -0.913. The van der Waals surface area contributed by atoms with E-state index >= 15 is 0 Å². The number of ether oxygens (including phenoxy) is 1. The van der Waals surface area contributed by atoms with Crippen LogP contribution in [0.15, 0.2) is 18.3 Å². The van der Waals surface area contributed by atoms with Gasteiger partial charge in [-0.05, 0) is 30.1 Å². The highest BCUT2D eigenvalue weighted by molar-refractivity contribution is 6.74. The number of rotatable bonds is 7. The Kier molecular flexibility index (Phi) is 6.37. The summed E-state index contributed by atoms with van der Waals surface area (Å²) < 4.78 is 11.5. The Morgan fingerprint density at radius 3 is 2.43 bits per heavy atom. The highest BCUT2D eigenvalue weighted by atomic mass is 28.4. The van der Waals surface area contributed by atoms with Crippen molar-refractivity contribution in [2.45, 2.75) is 58.3 Å². The van der Waals surface area contributed by atoms with Crippen LogP contribution in [-0.2, 0) is 4.43 Å². The largest absolute Gasteiger partial charge is 0.669 e. The summed E-state index contributed by atoms with van der Waals surface area (Å²) in [7, 11) is -1.79. The zero-order valence-electron chi connectivity index (χ0n) is 14.2. The minimum absolute atomic E-state index is 0.169. The van der Waals surface area contributed by atoms with Crippen molar-refractivity contribution < 1.29 is 9.16 Å². The molecule has 0 unspecified atom stereocenters. The Bertz CT molecular complexity index is 427. The molecule has 21 heavy (non-hydrogen) atoms. The summed E-state index contributed by atoms with van der Waals surface area (Å²) in [6.45, 7) is 14.2. The summed E-state index contributed by atoms with van der Waals surface area (Å²) in [4.78, 5) is 4.24. The topological polar surface area (TPSA) is 55.2 Å². The van der Waals surface area contributed by atoms with Crippen molar-refractivity contribution in [1.29, 1.82) is 0 Å². The predicted octanol–water partition coefficient (Wildman–Crippen LogP) is 4.99. The predicted molar refractivity (Wildman–Crippen MR) is 90.2 cm³/mol. The smallest absolute Gasteiger partial charge is 0.213 e. The quantitative estimate of drug-likeness (QED) is 0.667. The molecule has 0 fully saturated rings. The molecule has 1 atom stereocenters. The van der Waals surface area contributed by atoms with Crippen molar-refractivity contribution in [3.05, 3.63) is 29.6 Å². The Morgan fingerprint density at radius 2 is 1.95 bits per heavy atom. The second-order valence-corrected chi connectivity index (χ2v) is 11.7. The van der Waals surface area contributed by atoms with Crippen molar-refractivity contribution in [2.75, 3.05) is 13.2 Å². The lowest BCUT2D eigenvalue weighted by molar-refractivity contribution is 0.277. The zero-order chi connectivity index (χ0) is 16.1. The first-order valence-electron chi connectivity index (χ1n) is 7.61. The van der Waals surface area contributed by atoms with Crippen molar-refractivity contribution in [3.63, 3.8) is 0 Å². The molecule has 0 radical (unpaired) electrons. The summed E-state index contributed by atoms with van der Waals surface area (Å²) in [6.07, 6.45) is 2.68. The summed E-state index contributed by atoms with van der Waals surface area (Å²) in [5.74, 6) is 0.623. The number of nitrogens with one attached hydrogen (secondary N) is 1. The molecular weight excluding hydrogens is 280 g/mol. The van der Waals surface area contributed by atoms with Gasteiger partial charge >= 0.3 is 0 Å². The van der Waals surface area contributed by atoms with Gasteiger partial charge in [0.2, 0.25) is 5.88 Å². The molecular formula is C16H29N2O2Si-. The second kappa shape index (κ2) is 7.38. The van der Waals surface area contributed by atoms with Gasteiger partial charge in [0.1, 0.15) is 0 Å². The van der Waals surface area contributed by atoms with E-state index in [0.29, 0.717) is 19.1 Å². The number of hydrogen-bond acceptors (Lipinski definition) is 3. The summed E-state index contributed by atoms with van der Waals surface area (Å²) in [5.41, 5.74) is 9.10. The number of aromatic nitrogens is 1. The molecule has 0 bridgehead atoms. The lowest BCUT2D eigenvalue weighted by Gasteiger charge is -2.38. The monoisotopic (exact) mass is 309 g/mol. The fourth-order valence-electron chi connectivity index (χ4n) is 1.49. The third-order valence-electron chi connectivity index (χ3n) is 4.03. The Balaban J connectivity index is 2.58. The van der Waals surface area contributed by atoms with Crippen LogP contribution in [0.3, 0.4) is 0 Å². The fraction of sp³-hybridized carbons (Fsp3) is 0.688. The number of hydrogen-bond donors (Lipinski definition) is 0. The zero-order valence-corrected chi connectivity index (χ0v) is 15.2. The highest BCUT2D eigenvalue weighted by Crippen LogP contribution is 2.37. The molecule has 0 aliphatic heterocycles. The van der Waals surface area contributed by atoms with Gasteiger partial charge in [-0.2, -0.15) is 0 Å². The van der Waals surface area contributed by atoms with Crippen molar-refractivity contribution in [1.82, 2.24) is 4.98 Å². The van der Waals surface area contributed by atoms with Crippen LogP contribution in [0.25, 0.3) is 5.73 Å². The van der Waals surface area contributed by atoms with Gasteiger partial charge in [-0.25, -0.2) is 4.98 Å². The highest BCUT2D eigenvalue weighted by Gasteiger charge is 2.36. The van der Waals surface area contributed by atoms with Gasteiger partial charge in [0.15, 0.2) is 8.32 Å². The van der Waals surface area contributed by atoms with Gasteiger partial charge < -0.3 is 14.9 Å². The Morgan fingerprint density at radius 1 is 1.29 bits per heavy atom. The van der Waals surface area contributed by atoms with Crippen molar-refractivity contribution >= 4 is 8.32 Å². The van der Waals surface area contributed by atoms with Gasteiger partial charge in [-0.3, -0.25) is 0 Å². The molecule has 0 spiro atoms. The van der Waals surface area contributed by atoms with Gasteiger partial charge in [0, 0.05) is 18.9 Å². The third kappa shape index (κ3) is 5.41. The molecule has 0 aliphatic rings. The molecule has 0 amide bonds. The minimum Gasteiger partial charge on any atom is -0.669 e. The maximum absolute atomic E-state index is 8.22. The van der Waals surface area contributed by atoms with E-state index in [9.17, 15) is 0 Å². The molecule has 1 rings (SSSR count). The van der Waals surface area contributed by atoms with Gasteiger partial charge in [-0.1, -0.05) is 39.8 Å². The van der Waals surface area contributed by atoms with Crippen LogP contribution in [0.4, 0.5) is 0 Å². The summed E-state index contributed by atoms with van der Waals surface area (Å²) in [5, 5.41) is 0.169. The lowest BCUT2D eigenvalue weighted by Crippen LogP contribution is -2.41. The van der Waals surface area contributed by atoms with E-state index < -0.39 is 14.4 Å². The molecule has 4 nitrogen and oxygen atoms in total. The first kappa shape index (κ1) is 18.1. The van der Waals surface area contributed by atoms with E-state index in [2.05, 4.69) is 45.8 Å². The molecule has 0 aliphatic carbocycles. The van der Waals surface area contributed by atoms with Crippen molar-refractivity contribution in [3.8, 4) is 5.88 Å². The van der Waals surface area contributed by atoms with Crippen LogP contribution in [0.1, 0.15) is 45.7 Å². The molecule has 1 aromatic heterocycles. The third-order valence-corrected chi connectivity index (χ3v) is 8.53. The summed E-state index contributed by atoms with van der Waals surface area (Å²) in [6, 6.07) is 3.34. The van der Waals surface area contributed by atoms with E-state index in [1.807, 2.05) is 12.1 Å². The van der Waals surface area contributed by atoms with E-state index in [-0.39, 0.29) is 5.04 Å². The maximum Gasteiger partial charge on any atom is 0.213 e. The molecule has 0 aromatic carbocycles. The van der Waals surface area contributed by atoms with Crippen LogP contribution in [-0.4, -0.2) is 26.5 Å². The maximum atomic E-state index is 8.22. The average Bonchev–Trinajstić information content (AvgIpc) is 2.42. The van der Waals surface area contributed by atoms with E-state index in [0.717, 1.165) is 12.0 Å². The van der Waals surface area contributed by atoms with E-state index in [4.69, 9.17) is 14.9 Å². The summed E-state index contributed by atoms with van der Waals surface area (Å²) >= 11 is 0. The van der Waals surface area contributed by atoms with Crippen LogP contribution < -0.4 is 4.74 Å². The molecule has 1 N–H and O–H groups in total. The molecule has 0 saturated carbocycles. The first-order valence-corrected chi connectivity index (χ1v) is 10.5.